The van der Waals surface area contributed by atoms with E-state index in [1.165, 1.54) is 23.1 Å². The molecule has 1 aliphatic rings. The first-order valence-electron chi connectivity index (χ1n) is 9.77. The van der Waals surface area contributed by atoms with Gasteiger partial charge >= 0.3 is 18.3 Å². The van der Waals surface area contributed by atoms with Gasteiger partial charge in [0.1, 0.15) is 12.1 Å². The largest absolute Gasteiger partial charge is 0.499 e. The van der Waals surface area contributed by atoms with Crippen LogP contribution < -0.4 is 4.74 Å². The molecule has 0 saturated heterocycles. The minimum atomic E-state index is -5.81. The van der Waals surface area contributed by atoms with E-state index in [2.05, 4.69) is 14.8 Å². The number of ether oxygens (including phenoxy) is 2. The van der Waals surface area contributed by atoms with Gasteiger partial charge in [0.25, 0.3) is 0 Å². The lowest BCUT2D eigenvalue weighted by atomic mass is 9.94. The van der Waals surface area contributed by atoms with Crippen molar-refractivity contribution in [3.05, 3.63) is 60.2 Å². The van der Waals surface area contributed by atoms with E-state index in [4.69, 9.17) is 4.74 Å². The highest BCUT2D eigenvalue weighted by Crippen LogP contribution is 2.37. The molecule has 1 aromatic carbocycles. The number of hydrogen-bond acceptors (Lipinski definition) is 5. The zero-order valence-corrected chi connectivity index (χ0v) is 17.0. The van der Waals surface area contributed by atoms with E-state index in [1.807, 2.05) is 18.2 Å². The summed E-state index contributed by atoms with van der Waals surface area (Å²) in [4.78, 5) is 15.7. The normalized spacial score (nSPS) is 16.6. The summed E-state index contributed by atoms with van der Waals surface area (Å²) in [5, 5.41) is 4.35. The maximum Gasteiger partial charge on any atom is 0.499 e. The Bertz CT molecular complexity index is 997. The lowest BCUT2D eigenvalue weighted by Gasteiger charge is -2.20. The van der Waals surface area contributed by atoms with E-state index >= 15 is 0 Å². The zero-order valence-electron chi connectivity index (χ0n) is 17.0. The third-order valence-electron chi connectivity index (χ3n) is 4.62. The predicted molar refractivity (Wildman–Crippen MR) is 103 cm³/mol. The number of allylic oxidation sites excluding steroid dienone is 4. The van der Waals surface area contributed by atoms with Gasteiger partial charge in [-0.05, 0) is 44.0 Å². The Morgan fingerprint density at radius 3 is 2.50 bits per heavy atom. The first kappa shape index (κ1) is 23.4. The van der Waals surface area contributed by atoms with Crippen LogP contribution in [0.2, 0.25) is 0 Å². The van der Waals surface area contributed by atoms with E-state index in [9.17, 15) is 26.7 Å². The highest BCUT2D eigenvalue weighted by atomic mass is 19.4. The van der Waals surface area contributed by atoms with Gasteiger partial charge in [0, 0.05) is 12.3 Å². The molecule has 2 aromatic rings. The molecule has 0 amide bonds. The quantitative estimate of drug-likeness (QED) is 0.407. The molecule has 11 heteroatoms. The fourth-order valence-corrected chi connectivity index (χ4v) is 2.96. The standard InChI is InChI=1S/C21H20F5N3O3/c1-2-31-18(30)12-5-14-3-6-15(7-4-14)19-27-13-29(28-19)16-8-10-17(11-9-16)32-21(25,26)20(22,23)24/h3-4,6,8-11,13,15H,2,5,7,12H2,1H3. The van der Waals surface area contributed by atoms with Crippen LogP contribution in [-0.2, 0) is 9.53 Å². The fourth-order valence-electron chi connectivity index (χ4n) is 2.96. The number of nitrogens with zero attached hydrogens (tertiary/aromatic N) is 3. The van der Waals surface area contributed by atoms with E-state index in [0.717, 1.165) is 17.7 Å². The maximum absolute atomic E-state index is 13.0. The van der Waals surface area contributed by atoms with Crippen molar-refractivity contribution in [2.24, 2.45) is 0 Å². The molecule has 0 spiro atoms. The summed E-state index contributed by atoms with van der Waals surface area (Å²) in [6.07, 6.45) is -2.34. The third kappa shape index (κ3) is 5.71. The van der Waals surface area contributed by atoms with E-state index < -0.39 is 18.0 Å². The van der Waals surface area contributed by atoms with Gasteiger partial charge in [-0.1, -0.05) is 23.8 Å². The summed E-state index contributed by atoms with van der Waals surface area (Å²) in [7, 11) is 0. The molecular weight excluding hydrogens is 437 g/mol. The Morgan fingerprint density at radius 2 is 1.91 bits per heavy atom. The molecule has 1 unspecified atom stereocenters. The van der Waals surface area contributed by atoms with Gasteiger partial charge in [-0.3, -0.25) is 4.79 Å². The molecule has 1 heterocycles. The molecular formula is C21H20F5N3O3. The van der Waals surface area contributed by atoms with Gasteiger partial charge < -0.3 is 9.47 Å². The van der Waals surface area contributed by atoms with E-state index in [-0.39, 0.29) is 11.9 Å². The molecule has 0 aliphatic heterocycles. The van der Waals surface area contributed by atoms with Crippen molar-refractivity contribution in [2.45, 2.75) is 44.4 Å². The molecule has 1 aliphatic carbocycles. The minimum Gasteiger partial charge on any atom is -0.466 e. The number of esters is 1. The first-order chi connectivity index (χ1) is 15.1. The summed E-state index contributed by atoms with van der Waals surface area (Å²) in [6.45, 7) is 2.10. The second-order valence-electron chi connectivity index (χ2n) is 6.94. The Morgan fingerprint density at radius 1 is 1.19 bits per heavy atom. The summed E-state index contributed by atoms with van der Waals surface area (Å²) >= 11 is 0. The van der Waals surface area contributed by atoms with Gasteiger partial charge in [0.15, 0.2) is 5.82 Å². The first-order valence-corrected chi connectivity index (χ1v) is 9.77. The predicted octanol–water partition coefficient (Wildman–Crippen LogP) is 5.11. The van der Waals surface area contributed by atoms with Crippen LogP contribution in [0.1, 0.15) is 37.9 Å². The van der Waals surface area contributed by atoms with E-state index in [0.29, 0.717) is 37.4 Å². The van der Waals surface area contributed by atoms with Gasteiger partial charge in [0.05, 0.1) is 12.3 Å². The number of halogens is 5. The highest BCUT2D eigenvalue weighted by molar-refractivity contribution is 5.69. The van der Waals surface area contributed by atoms with Gasteiger partial charge in [-0.2, -0.15) is 27.1 Å². The summed E-state index contributed by atoms with van der Waals surface area (Å²) in [6, 6.07) is 4.58. The van der Waals surface area contributed by atoms with Crippen molar-refractivity contribution in [3.63, 3.8) is 0 Å². The molecule has 0 bridgehead atoms. The molecule has 0 radical (unpaired) electrons. The van der Waals surface area contributed by atoms with Crippen molar-refractivity contribution in [2.75, 3.05) is 6.61 Å². The fraction of sp³-hybridized carbons (Fsp3) is 0.381. The average molecular weight is 457 g/mol. The minimum absolute atomic E-state index is 0.0873. The molecule has 0 fully saturated rings. The molecule has 1 aromatic heterocycles. The molecule has 0 N–H and O–H groups in total. The van der Waals surface area contributed by atoms with Crippen LogP contribution in [0.5, 0.6) is 5.75 Å². The lowest BCUT2D eigenvalue weighted by Crippen LogP contribution is -2.41. The van der Waals surface area contributed by atoms with Crippen molar-refractivity contribution < 1.29 is 36.2 Å². The van der Waals surface area contributed by atoms with Gasteiger partial charge in [-0.25, -0.2) is 9.67 Å². The number of carbonyl (C=O) groups excluding carboxylic acids is 1. The zero-order chi connectivity index (χ0) is 23.4. The van der Waals surface area contributed by atoms with Crippen molar-refractivity contribution in [1.82, 2.24) is 14.8 Å². The monoisotopic (exact) mass is 457 g/mol. The smallest absolute Gasteiger partial charge is 0.466 e. The van der Waals surface area contributed by atoms with Gasteiger partial charge in [0.2, 0.25) is 0 Å². The molecule has 6 nitrogen and oxygen atoms in total. The maximum atomic E-state index is 13.0. The number of aromatic nitrogens is 3. The Kier molecular flexibility index (Phi) is 6.95. The number of hydrogen-bond donors (Lipinski definition) is 0. The van der Waals surface area contributed by atoms with Crippen LogP contribution in [0.15, 0.2) is 54.4 Å². The van der Waals surface area contributed by atoms with Crippen molar-refractivity contribution in [3.8, 4) is 11.4 Å². The van der Waals surface area contributed by atoms with Crippen molar-refractivity contribution in [1.29, 1.82) is 0 Å². The summed E-state index contributed by atoms with van der Waals surface area (Å²) in [5.74, 6) is -0.448. The molecule has 3 rings (SSSR count). The second kappa shape index (κ2) is 9.49. The molecule has 32 heavy (non-hydrogen) atoms. The number of benzene rings is 1. The molecule has 172 valence electrons. The summed E-state index contributed by atoms with van der Waals surface area (Å²) in [5.41, 5.74) is 1.43. The average Bonchev–Trinajstić information content (AvgIpc) is 3.22. The highest BCUT2D eigenvalue weighted by Gasteiger charge is 2.61. The third-order valence-corrected chi connectivity index (χ3v) is 4.62. The van der Waals surface area contributed by atoms with Crippen LogP contribution in [0.25, 0.3) is 5.69 Å². The van der Waals surface area contributed by atoms with Crippen LogP contribution in [0, 0.1) is 0 Å². The van der Waals surface area contributed by atoms with Crippen LogP contribution in [0.3, 0.4) is 0 Å². The van der Waals surface area contributed by atoms with E-state index in [1.54, 1.807) is 6.92 Å². The molecule has 0 saturated carbocycles. The second-order valence-corrected chi connectivity index (χ2v) is 6.94. The number of alkyl halides is 5. The molecule has 1 atom stereocenters. The SMILES string of the molecule is CCOC(=O)CCC1=CCC(c2ncn(-c3ccc(OC(F)(F)C(F)(F)F)cc3)n2)C=C1. The van der Waals surface area contributed by atoms with Crippen LogP contribution >= 0.6 is 0 Å². The number of carbonyl (C=O) groups is 1. The topological polar surface area (TPSA) is 66.2 Å². The van der Waals surface area contributed by atoms with Gasteiger partial charge in [-0.15, -0.1) is 0 Å². The Hall–Kier alpha value is -3.24. The van der Waals surface area contributed by atoms with Crippen LogP contribution in [-0.4, -0.2) is 39.6 Å². The number of rotatable bonds is 8. The Balaban J connectivity index is 1.59. The summed E-state index contributed by atoms with van der Waals surface area (Å²) < 4.78 is 72.8. The lowest BCUT2D eigenvalue weighted by molar-refractivity contribution is -0.360. The Labute approximate surface area is 180 Å². The van der Waals surface area contributed by atoms with Crippen molar-refractivity contribution >= 4 is 5.97 Å². The van der Waals surface area contributed by atoms with Crippen LogP contribution in [0.4, 0.5) is 22.0 Å².